The summed E-state index contributed by atoms with van der Waals surface area (Å²) in [5.41, 5.74) is 1.35. The van der Waals surface area contributed by atoms with Crippen LogP contribution in [-0.4, -0.2) is 0 Å². The van der Waals surface area contributed by atoms with Crippen molar-refractivity contribution >= 4 is 23.2 Å². The molecule has 0 N–H and O–H groups in total. The summed E-state index contributed by atoms with van der Waals surface area (Å²) in [6.07, 6.45) is 0. The highest BCUT2D eigenvalue weighted by Gasteiger charge is 2.06. The number of hydrogen-bond acceptors (Lipinski definition) is 2. The summed E-state index contributed by atoms with van der Waals surface area (Å²) < 4.78 is 5.65. The van der Waals surface area contributed by atoms with Crippen LogP contribution in [0.25, 0.3) is 0 Å². The summed E-state index contributed by atoms with van der Waals surface area (Å²) in [6.45, 7) is 1.89. The van der Waals surface area contributed by atoms with Gasteiger partial charge in [-0.1, -0.05) is 23.2 Å². The molecule has 0 spiro atoms. The van der Waals surface area contributed by atoms with Gasteiger partial charge in [-0.3, -0.25) is 0 Å². The third-order valence-corrected chi connectivity index (χ3v) is 3.08. The zero-order valence-electron chi connectivity index (χ0n) is 9.58. The zero-order chi connectivity index (χ0) is 13.1. The van der Waals surface area contributed by atoms with Gasteiger partial charge in [-0.05, 0) is 42.8 Å². The zero-order valence-corrected chi connectivity index (χ0v) is 11.1. The second-order valence-corrected chi connectivity index (χ2v) is 4.61. The maximum absolute atomic E-state index is 8.99. The van der Waals surface area contributed by atoms with Crippen molar-refractivity contribution in [2.75, 3.05) is 0 Å². The van der Waals surface area contributed by atoms with Gasteiger partial charge in [0.1, 0.15) is 17.6 Å². The molecule has 0 aliphatic rings. The van der Waals surface area contributed by atoms with Gasteiger partial charge in [-0.25, -0.2) is 0 Å². The highest BCUT2D eigenvalue weighted by molar-refractivity contribution is 6.31. The number of aryl methyl sites for hydroxylation is 1. The summed E-state index contributed by atoms with van der Waals surface area (Å²) in [7, 11) is 0. The molecule has 2 aromatic rings. The number of hydrogen-bond donors (Lipinski definition) is 0. The predicted octanol–water partition coefficient (Wildman–Crippen LogP) is 4.97. The van der Waals surface area contributed by atoms with Gasteiger partial charge < -0.3 is 4.74 Å². The van der Waals surface area contributed by atoms with Crippen molar-refractivity contribution in [1.29, 1.82) is 5.26 Å². The maximum atomic E-state index is 8.99. The third-order valence-electron chi connectivity index (χ3n) is 2.42. The summed E-state index contributed by atoms with van der Waals surface area (Å²) >= 11 is 11.8. The van der Waals surface area contributed by atoms with E-state index in [9.17, 15) is 0 Å². The van der Waals surface area contributed by atoms with Gasteiger partial charge in [-0.2, -0.15) is 5.26 Å². The van der Waals surface area contributed by atoms with Crippen molar-refractivity contribution in [2.45, 2.75) is 6.92 Å². The molecule has 0 aromatic heterocycles. The van der Waals surface area contributed by atoms with Crippen LogP contribution >= 0.6 is 23.2 Å². The van der Waals surface area contributed by atoms with E-state index in [1.54, 1.807) is 30.3 Å². The molecule has 18 heavy (non-hydrogen) atoms. The predicted molar refractivity (Wildman–Crippen MR) is 72.4 cm³/mol. The molecule has 2 aromatic carbocycles. The number of nitrogens with zero attached hydrogens (tertiary/aromatic N) is 1. The first kappa shape index (κ1) is 12.8. The number of rotatable bonds is 2. The van der Waals surface area contributed by atoms with Crippen LogP contribution in [0.5, 0.6) is 11.5 Å². The lowest BCUT2D eigenvalue weighted by Gasteiger charge is -2.09. The van der Waals surface area contributed by atoms with Crippen molar-refractivity contribution in [1.82, 2.24) is 0 Å². The van der Waals surface area contributed by atoms with Gasteiger partial charge in [0.25, 0.3) is 0 Å². The first-order valence-corrected chi connectivity index (χ1v) is 5.99. The Labute approximate surface area is 115 Å². The van der Waals surface area contributed by atoms with Crippen molar-refractivity contribution in [3.05, 3.63) is 57.6 Å². The number of benzene rings is 2. The minimum atomic E-state index is 0.437. The van der Waals surface area contributed by atoms with Gasteiger partial charge in [-0.15, -0.1) is 0 Å². The molecule has 0 aliphatic heterocycles. The van der Waals surface area contributed by atoms with Crippen LogP contribution in [0.3, 0.4) is 0 Å². The molecule has 2 rings (SSSR count). The molecule has 0 atom stereocenters. The second-order valence-electron chi connectivity index (χ2n) is 3.77. The lowest BCUT2D eigenvalue weighted by Crippen LogP contribution is -1.89. The van der Waals surface area contributed by atoms with Crippen LogP contribution in [0.15, 0.2) is 36.4 Å². The van der Waals surface area contributed by atoms with E-state index in [1.807, 2.05) is 13.0 Å². The van der Waals surface area contributed by atoms with E-state index in [1.165, 1.54) is 0 Å². The second kappa shape index (κ2) is 5.30. The van der Waals surface area contributed by atoms with Crippen LogP contribution < -0.4 is 4.74 Å². The Morgan fingerprint density at radius 1 is 1.11 bits per heavy atom. The molecule has 0 fully saturated rings. The molecular formula is C14H9Cl2NO. The highest BCUT2D eigenvalue weighted by atomic mass is 35.5. The lowest BCUT2D eigenvalue weighted by atomic mass is 10.2. The average molecular weight is 278 g/mol. The quantitative estimate of drug-likeness (QED) is 0.777. The lowest BCUT2D eigenvalue weighted by molar-refractivity contribution is 0.481. The Bertz CT molecular complexity index is 632. The van der Waals surface area contributed by atoms with Crippen LogP contribution in [0.1, 0.15) is 11.1 Å². The minimum absolute atomic E-state index is 0.437. The maximum Gasteiger partial charge on any atom is 0.146 e. The molecule has 4 heteroatoms. The van der Waals surface area contributed by atoms with Crippen LogP contribution in [0, 0.1) is 18.3 Å². The monoisotopic (exact) mass is 277 g/mol. The van der Waals surface area contributed by atoms with Crippen LogP contribution in [0.4, 0.5) is 0 Å². The molecule has 0 unspecified atom stereocenters. The van der Waals surface area contributed by atoms with E-state index in [-0.39, 0.29) is 0 Å². The molecule has 0 saturated carbocycles. The highest BCUT2D eigenvalue weighted by Crippen LogP contribution is 2.30. The van der Waals surface area contributed by atoms with E-state index >= 15 is 0 Å². The number of ether oxygens (including phenoxy) is 1. The Balaban J connectivity index is 2.36. The summed E-state index contributed by atoms with van der Waals surface area (Å²) in [5, 5.41) is 10.2. The fourth-order valence-corrected chi connectivity index (χ4v) is 1.76. The molecule has 0 amide bonds. The third kappa shape index (κ3) is 2.76. The van der Waals surface area contributed by atoms with E-state index < -0.39 is 0 Å². The Hall–Kier alpha value is -1.69. The van der Waals surface area contributed by atoms with Crippen molar-refractivity contribution in [3.8, 4) is 17.6 Å². The Kier molecular flexibility index (Phi) is 3.76. The van der Waals surface area contributed by atoms with E-state index in [0.29, 0.717) is 27.1 Å². The summed E-state index contributed by atoms with van der Waals surface area (Å²) in [4.78, 5) is 0. The van der Waals surface area contributed by atoms with Gasteiger partial charge in [0.2, 0.25) is 0 Å². The van der Waals surface area contributed by atoms with Crippen molar-refractivity contribution in [2.24, 2.45) is 0 Å². The average Bonchev–Trinajstić information content (AvgIpc) is 2.34. The van der Waals surface area contributed by atoms with E-state index in [0.717, 1.165) is 5.56 Å². The van der Waals surface area contributed by atoms with Gasteiger partial charge >= 0.3 is 0 Å². The first-order chi connectivity index (χ1) is 8.60. The molecular weight excluding hydrogens is 269 g/mol. The van der Waals surface area contributed by atoms with Gasteiger partial charge in [0, 0.05) is 16.1 Å². The first-order valence-electron chi connectivity index (χ1n) is 5.24. The summed E-state index contributed by atoms with van der Waals surface area (Å²) in [5.74, 6) is 1.06. The molecule has 0 saturated heterocycles. The van der Waals surface area contributed by atoms with E-state index in [2.05, 4.69) is 6.07 Å². The number of halogens is 2. The normalized spacial score (nSPS) is 9.89. The summed E-state index contributed by atoms with van der Waals surface area (Å²) in [6, 6.07) is 12.3. The molecule has 0 radical (unpaired) electrons. The SMILES string of the molecule is Cc1cc(Oc2cc(Cl)ccc2C#N)ccc1Cl. The molecule has 2 nitrogen and oxygen atoms in total. The topological polar surface area (TPSA) is 33.0 Å². The molecule has 0 aliphatic carbocycles. The number of nitriles is 1. The fraction of sp³-hybridized carbons (Fsp3) is 0.0714. The van der Waals surface area contributed by atoms with Gasteiger partial charge in [0.15, 0.2) is 0 Å². The Morgan fingerprint density at radius 3 is 2.56 bits per heavy atom. The van der Waals surface area contributed by atoms with E-state index in [4.69, 9.17) is 33.2 Å². The standard InChI is InChI=1S/C14H9Cl2NO/c1-9-6-12(4-5-13(9)16)18-14-7-11(15)3-2-10(14)8-17/h2-7H,1H3. The molecule has 0 heterocycles. The van der Waals surface area contributed by atoms with Crippen LogP contribution in [-0.2, 0) is 0 Å². The van der Waals surface area contributed by atoms with Crippen molar-refractivity contribution < 1.29 is 4.74 Å². The Morgan fingerprint density at radius 2 is 1.89 bits per heavy atom. The molecule has 0 bridgehead atoms. The van der Waals surface area contributed by atoms with Crippen LogP contribution in [0.2, 0.25) is 10.0 Å². The molecule has 90 valence electrons. The fourth-order valence-electron chi connectivity index (χ4n) is 1.48. The largest absolute Gasteiger partial charge is 0.456 e. The van der Waals surface area contributed by atoms with Gasteiger partial charge in [0.05, 0.1) is 5.56 Å². The van der Waals surface area contributed by atoms with Crippen molar-refractivity contribution in [3.63, 3.8) is 0 Å². The smallest absolute Gasteiger partial charge is 0.146 e. The minimum Gasteiger partial charge on any atom is -0.456 e.